The van der Waals surface area contributed by atoms with Gasteiger partial charge in [0.25, 0.3) is 0 Å². The number of halogens is 1. The Morgan fingerprint density at radius 1 is 0.944 bits per heavy atom. The van der Waals surface area contributed by atoms with Crippen LogP contribution in [0.15, 0.2) is 79.1 Å². The Balaban J connectivity index is 1.30. The number of nitrogens with zero attached hydrogens (tertiary/aromatic N) is 3. The van der Waals surface area contributed by atoms with Crippen LogP contribution in [-0.2, 0) is 11.2 Å². The third-order valence-electron chi connectivity index (χ3n) is 5.44. The van der Waals surface area contributed by atoms with E-state index in [9.17, 15) is 14.0 Å². The molecule has 0 saturated carbocycles. The van der Waals surface area contributed by atoms with E-state index in [2.05, 4.69) is 30.8 Å². The van der Waals surface area contributed by atoms with Crippen LogP contribution in [0.2, 0.25) is 0 Å². The fourth-order valence-electron chi connectivity index (χ4n) is 3.72. The highest BCUT2D eigenvalue weighted by molar-refractivity contribution is 5.94. The zero-order valence-electron chi connectivity index (χ0n) is 18.7. The zero-order valence-corrected chi connectivity index (χ0v) is 18.7. The van der Waals surface area contributed by atoms with Crippen molar-refractivity contribution in [2.75, 3.05) is 10.6 Å². The van der Waals surface area contributed by atoms with Gasteiger partial charge in [0.15, 0.2) is 5.82 Å². The molecule has 4 N–H and O–H groups in total. The minimum Gasteiger partial charge on any atom is -0.478 e. The standard InChI is InChI=1S/C26H19FN6O3/c27-18-2-1-3-19(11-18)30-24(34)13-20-12-23(33-32-20)31-25-21-9-8-17(10-22(21)28-14-29-25)15-4-6-16(7-5-15)26(35)36/h1-12,14H,13H2,(H,30,34)(H,35,36)(H2,28,29,31,32,33). The minimum atomic E-state index is -0.975. The molecule has 0 spiro atoms. The molecule has 2 heterocycles. The summed E-state index contributed by atoms with van der Waals surface area (Å²) < 4.78 is 13.3. The fraction of sp³-hybridized carbons (Fsp3) is 0.0385. The van der Waals surface area contributed by atoms with E-state index in [1.807, 2.05) is 18.2 Å². The van der Waals surface area contributed by atoms with E-state index in [1.165, 1.54) is 24.5 Å². The SMILES string of the molecule is O=C(Cc1cc(Nc2ncnc3cc(-c4ccc(C(=O)O)cc4)ccc23)n[nH]1)Nc1cccc(F)c1. The molecular weight excluding hydrogens is 463 g/mol. The topological polar surface area (TPSA) is 133 Å². The number of H-pyrrole nitrogens is 1. The monoisotopic (exact) mass is 482 g/mol. The van der Waals surface area contributed by atoms with Crippen molar-refractivity contribution in [3.63, 3.8) is 0 Å². The van der Waals surface area contributed by atoms with Crippen LogP contribution >= 0.6 is 0 Å². The van der Waals surface area contributed by atoms with Gasteiger partial charge in [0.2, 0.25) is 5.91 Å². The van der Waals surface area contributed by atoms with Gasteiger partial charge in [-0.15, -0.1) is 0 Å². The number of carbonyl (C=O) groups excluding carboxylic acids is 1. The second kappa shape index (κ2) is 9.63. The molecule has 0 saturated heterocycles. The highest BCUT2D eigenvalue weighted by atomic mass is 19.1. The molecule has 0 unspecified atom stereocenters. The van der Waals surface area contributed by atoms with Crippen LogP contribution in [0, 0.1) is 5.82 Å². The van der Waals surface area contributed by atoms with E-state index in [0.29, 0.717) is 28.5 Å². The van der Waals surface area contributed by atoms with Crippen molar-refractivity contribution in [3.8, 4) is 11.1 Å². The second-order valence-corrected chi connectivity index (χ2v) is 7.98. The predicted molar refractivity (Wildman–Crippen MR) is 133 cm³/mol. The van der Waals surface area contributed by atoms with E-state index in [0.717, 1.165) is 16.5 Å². The number of carboxylic acids is 1. The number of fused-ring (bicyclic) bond motifs is 1. The predicted octanol–water partition coefficient (Wildman–Crippen LogP) is 4.78. The molecule has 0 aliphatic carbocycles. The van der Waals surface area contributed by atoms with Crippen molar-refractivity contribution in [1.82, 2.24) is 20.2 Å². The number of aromatic nitrogens is 4. The van der Waals surface area contributed by atoms with Crippen molar-refractivity contribution in [3.05, 3.63) is 96.2 Å². The molecule has 178 valence electrons. The average molecular weight is 482 g/mol. The first kappa shape index (κ1) is 22.7. The molecule has 5 aromatic rings. The van der Waals surface area contributed by atoms with E-state index in [1.54, 1.807) is 36.4 Å². The first-order chi connectivity index (χ1) is 17.4. The fourth-order valence-corrected chi connectivity index (χ4v) is 3.72. The summed E-state index contributed by atoms with van der Waals surface area (Å²) in [6.07, 6.45) is 1.46. The summed E-state index contributed by atoms with van der Waals surface area (Å²) in [5.41, 5.74) is 3.61. The molecular formula is C26H19FN6O3. The largest absolute Gasteiger partial charge is 0.478 e. The number of aromatic amines is 1. The number of rotatable bonds is 7. The van der Waals surface area contributed by atoms with Crippen LogP contribution in [0.1, 0.15) is 16.1 Å². The Morgan fingerprint density at radius 2 is 1.75 bits per heavy atom. The van der Waals surface area contributed by atoms with E-state index in [4.69, 9.17) is 5.11 Å². The summed E-state index contributed by atoms with van der Waals surface area (Å²) in [6, 6.07) is 19.7. The summed E-state index contributed by atoms with van der Waals surface area (Å²) >= 11 is 0. The smallest absolute Gasteiger partial charge is 0.335 e. The molecule has 9 nitrogen and oxygen atoms in total. The molecule has 3 aromatic carbocycles. The van der Waals surface area contributed by atoms with Crippen molar-refractivity contribution in [1.29, 1.82) is 0 Å². The lowest BCUT2D eigenvalue weighted by Crippen LogP contribution is -2.14. The van der Waals surface area contributed by atoms with Crippen molar-refractivity contribution in [2.45, 2.75) is 6.42 Å². The summed E-state index contributed by atoms with van der Waals surface area (Å²) in [4.78, 5) is 32.0. The number of aromatic carboxylic acids is 1. The van der Waals surface area contributed by atoms with Gasteiger partial charge in [-0.05, 0) is 53.6 Å². The van der Waals surface area contributed by atoms with Gasteiger partial charge in [0.05, 0.1) is 17.5 Å². The van der Waals surface area contributed by atoms with E-state index >= 15 is 0 Å². The van der Waals surface area contributed by atoms with Gasteiger partial charge >= 0.3 is 5.97 Å². The van der Waals surface area contributed by atoms with Crippen LogP contribution < -0.4 is 10.6 Å². The molecule has 10 heteroatoms. The molecule has 0 bridgehead atoms. The van der Waals surface area contributed by atoms with Crippen LogP contribution in [0.5, 0.6) is 0 Å². The van der Waals surface area contributed by atoms with E-state index < -0.39 is 11.8 Å². The van der Waals surface area contributed by atoms with Crippen LogP contribution in [0.4, 0.5) is 21.7 Å². The Morgan fingerprint density at radius 3 is 2.53 bits per heavy atom. The zero-order chi connectivity index (χ0) is 25.1. The molecule has 0 radical (unpaired) electrons. The summed E-state index contributed by atoms with van der Waals surface area (Å²) in [7, 11) is 0. The first-order valence-corrected chi connectivity index (χ1v) is 10.9. The van der Waals surface area contributed by atoms with Crippen molar-refractivity contribution >= 4 is 40.1 Å². The number of hydrogen-bond donors (Lipinski definition) is 4. The number of benzene rings is 3. The molecule has 2 aromatic heterocycles. The van der Waals surface area contributed by atoms with Gasteiger partial charge in [0, 0.05) is 22.8 Å². The number of hydrogen-bond acceptors (Lipinski definition) is 6. The lowest BCUT2D eigenvalue weighted by atomic mass is 10.0. The van der Waals surface area contributed by atoms with Gasteiger partial charge < -0.3 is 15.7 Å². The van der Waals surface area contributed by atoms with Gasteiger partial charge in [-0.25, -0.2) is 19.2 Å². The van der Waals surface area contributed by atoms with Crippen LogP contribution in [0.3, 0.4) is 0 Å². The maximum atomic E-state index is 13.3. The Bertz CT molecular complexity index is 1580. The number of amides is 1. The number of nitrogens with one attached hydrogen (secondary N) is 3. The van der Waals surface area contributed by atoms with Crippen LogP contribution in [0.25, 0.3) is 22.0 Å². The number of carboxylic acid groups (broad SMARTS) is 1. The molecule has 0 atom stereocenters. The normalized spacial score (nSPS) is 10.8. The third kappa shape index (κ3) is 5.02. The lowest BCUT2D eigenvalue weighted by Gasteiger charge is -2.08. The summed E-state index contributed by atoms with van der Waals surface area (Å²) in [6.45, 7) is 0. The van der Waals surface area contributed by atoms with Gasteiger partial charge in [-0.1, -0.05) is 24.3 Å². The number of carbonyl (C=O) groups is 2. The highest BCUT2D eigenvalue weighted by Gasteiger charge is 2.11. The van der Waals surface area contributed by atoms with Crippen molar-refractivity contribution in [2.24, 2.45) is 0 Å². The van der Waals surface area contributed by atoms with Gasteiger partial charge in [-0.2, -0.15) is 5.10 Å². The molecule has 5 rings (SSSR count). The maximum absolute atomic E-state index is 13.3. The minimum absolute atomic E-state index is 0.0275. The summed E-state index contributed by atoms with van der Waals surface area (Å²) in [5.74, 6) is -0.711. The lowest BCUT2D eigenvalue weighted by molar-refractivity contribution is -0.115. The van der Waals surface area contributed by atoms with Gasteiger partial charge in [0.1, 0.15) is 18.0 Å². The van der Waals surface area contributed by atoms with Crippen molar-refractivity contribution < 1.29 is 19.1 Å². The van der Waals surface area contributed by atoms with E-state index in [-0.39, 0.29) is 17.9 Å². The molecule has 1 amide bonds. The maximum Gasteiger partial charge on any atom is 0.335 e. The third-order valence-corrected chi connectivity index (χ3v) is 5.44. The molecule has 36 heavy (non-hydrogen) atoms. The number of anilines is 3. The molecule has 0 fully saturated rings. The highest BCUT2D eigenvalue weighted by Crippen LogP contribution is 2.28. The van der Waals surface area contributed by atoms with Gasteiger partial charge in [-0.3, -0.25) is 9.89 Å². The Kier molecular flexibility index (Phi) is 6.06. The second-order valence-electron chi connectivity index (χ2n) is 7.98. The molecule has 0 aliphatic rings. The first-order valence-electron chi connectivity index (χ1n) is 10.9. The summed E-state index contributed by atoms with van der Waals surface area (Å²) in [5, 5.41) is 22.6. The Labute approximate surface area is 204 Å². The molecule has 0 aliphatic heterocycles. The average Bonchev–Trinajstić information content (AvgIpc) is 3.30. The van der Waals surface area contributed by atoms with Crippen LogP contribution in [-0.4, -0.2) is 37.1 Å². The Hall–Kier alpha value is -5.12. The quantitative estimate of drug-likeness (QED) is 0.262.